The second-order valence-electron chi connectivity index (χ2n) is 4.60. The second-order valence-corrected chi connectivity index (χ2v) is 4.60. The third kappa shape index (κ3) is 3.29. The van der Waals surface area contributed by atoms with Gasteiger partial charge in [-0.3, -0.25) is 4.79 Å². The summed E-state index contributed by atoms with van der Waals surface area (Å²) in [5.41, 5.74) is 8.20. The van der Waals surface area contributed by atoms with E-state index in [2.05, 4.69) is 0 Å². The van der Waals surface area contributed by atoms with Crippen molar-refractivity contribution in [3.8, 4) is 5.75 Å². The molecule has 0 aliphatic heterocycles. The molecule has 4 heteroatoms. The van der Waals surface area contributed by atoms with Crippen LogP contribution in [0.4, 0.5) is 11.4 Å². The maximum absolute atomic E-state index is 12.1. The van der Waals surface area contributed by atoms with Gasteiger partial charge in [-0.05, 0) is 42.8 Å². The number of carbonyl (C=O) groups is 1. The molecule has 2 aromatic carbocycles. The lowest BCUT2D eigenvalue weighted by Gasteiger charge is -2.19. The number of nitrogens with two attached hydrogens (primary N) is 1. The van der Waals surface area contributed by atoms with Gasteiger partial charge in [0.2, 0.25) is 0 Å². The van der Waals surface area contributed by atoms with E-state index < -0.39 is 0 Å². The molecule has 4 nitrogen and oxygen atoms in total. The number of anilines is 2. The van der Waals surface area contributed by atoms with Crippen molar-refractivity contribution < 1.29 is 9.53 Å². The van der Waals surface area contributed by atoms with Crippen molar-refractivity contribution >= 4 is 17.3 Å². The molecular formula is C16H18N2O2. The van der Waals surface area contributed by atoms with Crippen LogP contribution in [-0.2, 0) is 4.79 Å². The molecule has 0 fully saturated rings. The summed E-state index contributed by atoms with van der Waals surface area (Å²) in [7, 11) is 1.75. The summed E-state index contributed by atoms with van der Waals surface area (Å²) in [5.74, 6) is 0.529. The van der Waals surface area contributed by atoms with Crippen LogP contribution in [-0.4, -0.2) is 19.6 Å². The number of nitrogen functional groups attached to an aromatic ring is 1. The molecule has 2 N–H and O–H groups in total. The average molecular weight is 270 g/mol. The first-order chi connectivity index (χ1) is 9.58. The zero-order chi connectivity index (χ0) is 14.5. The Kier molecular flexibility index (Phi) is 4.25. The summed E-state index contributed by atoms with van der Waals surface area (Å²) < 4.78 is 5.46. The van der Waals surface area contributed by atoms with Gasteiger partial charge in [0.15, 0.2) is 6.61 Å². The minimum atomic E-state index is -0.101. The number of nitrogens with zero attached hydrogens (tertiary/aromatic N) is 1. The Morgan fingerprint density at radius 2 is 1.80 bits per heavy atom. The van der Waals surface area contributed by atoms with Crippen LogP contribution in [0.3, 0.4) is 0 Å². The van der Waals surface area contributed by atoms with Crippen molar-refractivity contribution in [1.29, 1.82) is 0 Å². The van der Waals surface area contributed by atoms with E-state index in [0.717, 1.165) is 11.3 Å². The highest BCUT2D eigenvalue weighted by atomic mass is 16.5. The molecule has 0 bridgehead atoms. The van der Waals surface area contributed by atoms with E-state index in [1.807, 2.05) is 31.2 Å². The fraction of sp³-hybridized carbons (Fsp3) is 0.188. The highest BCUT2D eigenvalue weighted by molar-refractivity contribution is 5.94. The molecule has 0 saturated carbocycles. The first-order valence-corrected chi connectivity index (χ1v) is 6.38. The van der Waals surface area contributed by atoms with Crippen LogP contribution in [0, 0.1) is 6.92 Å². The van der Waals surface area contributed by atoms with Crippen molar-refractivity contribution in [2.24, 2.45) is 0 Å². The summed E-state index contributed by atoms with van der Waals surface area (Å²) in [6.45, 7) is 1.97. The molecule has 104 valence electrons. The normalized spacial score (nSPS) is 10.1. The van der Waals surface area contributed by atoms with Crippen molar-refractivity contribution in [3.05, 3.63) is 54.1 Å². The summed E-state index contributed by atoms with van der Waals surface area (Å²) in [6, 6.07) is 14.7. The average Bonchev–Trinajstić information content (AvgIpc) is 2.46. The number of rotatable bonds is 4. The Labute approximate surface area is 118 Å². The largest absolute Gasteiger partial charge is 0.484 e. The summed E-state index contributed by atoms with van der Waals surface area (Å²) >= 11 is 0. The maximum atomic E-state index is 12.1. The number of para-hydroxylation sites is 1. The molecule has 0 aliphatic carbocycles. The molecule has 0 saturated heterocycles. The van der Waals surface area contributed by atoms with E-state index in [1.165, 1.54) is 0 Å². The van der Waals surface area contributed by atoms with Crippen molar-refractivity contribution in [3.63, 3.8) is 0 Å². The van der Waals surface area contributed by atoms with Gasteiger partial charge in [-0.25, -0.2) is 0 Å². The SMILES string of the molecule is Cc1ccccc1N(C)C(=O)COc1ccc(N)cc1. The summed E-state index contributed by atoms with van der Waals surface area (Å²) in [5, 5.41) is 0. The third-order valence-electron chi connectivity index (χ3n) is 3.09. The molecule has 0 atom stereocenters. The van der Waals surface area contributed by atoms with Gasteiger partial charge in [0.05, 0.1) is 0 Å². The molecule has 0 unspecified atom stereocenters. The third-order valence-corrected chi connectivity index (χ3v) is 3.09. The number of amides is 1. The highest BCUT2D eigenvalue weighted by Crippen LogP contribution is 2.18. The zero-order valence-electron chi connectivity index (χ0n) is 11.7. The molecule has 1 amide bonds. The number of carbonyl (C=O) groups excluding carboxylic acids is 1. The lowest BCUT2D eigenvalue weighted by molar-refractivity contribution is -0.120. The Morgan fingerprint density at radius 1 is 1.15 bits per heavy atom. The number of hydrogen-bond donors (Lipinski definition) is 1. The van der Waals surface area contributed by atoms with E-state index in [1.54, 1.807) is 36.2 Å². The van der Waals surface area contributed by atoms with Gasteiger partial charge in [0, 0.05) is 18.4 Å². The smallest absolute Gasteiger partial charge is 0.264 e. The minimum absolute atomic E-state index is 0.00521. The zero-order valence-corrected chi connectivity index (χ0v) is 11.7. The van der Waals surface area contributed by atoms with Gasteiger partial charge in [-0.1, -0.05) is 18.2 Å². The van der Waals surface area contributed by atoms with Crippen LogP contribution in [0.1, 0.15) is 5.56 Å². The predicted octanol–water partition coefficient (Wildman–Crippen LogP) is 2.62. The topological polar surface area (TPSA) is 55.6 Å². The number of benzene rings is 2. The number of hydrogen-bond acceptors (Lipinski definition) is 3. The van der Waals surface area contributed by atoms with Gasteiger partial charge >= 0.3 is 0 Å². The summed E-state index contributed by atoms with van der Waals surface area (Å²) in [6.07, 6.45) is 0. The van der Waals surface area contributed by atoms with Crippen molar-refractivity contribution in [2.45, 2.75) is 6.92 Å². The van der Waals surface area contributed by atoms with Crippen LogP contribution in [0.5, 0.6) is 5.75 Å². The molecular weight excluding hydrogens is 252 g/mol. The number of likely N-dealkylation sites (N-methyl/N-ethyl adjacent to an activating group) is 1. The summed E-state index contributed by atoms with van der Waals surface area (Å²) in [4.78, 5) is 13.7. The van der Waals surface area contributed by atoms with Gasteiger partial charge in [0.1, 0.15) is 5.75 Å². The van der Waals surface area contributed by atoms with Crippen LogP contribution >= 0.6 is 0 Å². The molecule has 0 radical (unpaired) electrons. The molecule has 0 aliphatic rings. The van der Waals surface area contributed by atoms with Gasteiger partial charge in [-0.15, -0.1) is 0 Å². The Bertz CT molecular complexity index is 594. The molecule has 2 rings (SSSR count). The molecule has 0 heterocycles. The van der Waals surface area contributed by atoms with Crippen molar-refractivity contribution in [1.82, 2.24) is 0 Å². The second kappa shape index (κ2) is 6.10. The van der Waals surface area contributed by atoms with Crippen LogP contribution < -0.4 is 15.4 Å². The van der Waals surface area contributed by atoms with Gasteiger partial charge < -0.3 is 15.4 Å². The molecule has 0 spiro atoms. The quantitative estimate of drug-likeness (QED) is 0.869. The van der Waals surface area contributed by atoms with E-state index >= 15 is 0 Å². The van der Waals surface area contributed by atoms with Gasteiger partial charge in [0.25, 0.3) is 5.91 Å². The maximum Gasteiger partial charge on any atom is 0.264 e. The van der Waals surface area contributed by atoms with Gasteiger partial charge in [-0.2, -0.15) is 0 Å². The van der Waals surface area contributed by atoms with Crippen LogP contribution in [0.2, 0.25) is 0 Å². The van der Waals surface area contributed by atoms with E-state index in [0.29, 0.717) is 11.4 Å². The van der Waals surface area contributed by atoms with Crippen molar-refractivity contribution in [2.75, 3.05) is 24.3 Å². The monoisotopic (exact) mass is 270 g/mol. The first-order valence-electron chi connectivity index (χ1n) is 6.38. The lowest BCUT2D eigenvalue weighted by atomic mass is 10.2. The number of ether oxygens (including phenoxy) is 1. The minimum Gasteiger partial charge on any atom is -0.484 e. The Hall–Kier alpha value is -2.49. The molecule has 0 aromatic heterocycles. The van der Waals surface area contributed by atoms with E-state index in [9.17, 15) is 4.79 Å². The fourth-order valence-corrected chi connectivity index (χ4v) is 1.88. The Balaban J connectivity index is 1.98. The molecule has 20 heavy (non-hydrogen) atoms. The van der Waals surface area contributed by atoms with E-state index in [4.69, 9.17) is 10.5 Å². The van der Waals surface area contributed by atoms with Crippen LogP contribution in [0.25, 0.3) is 0 Å². The van der Waals surface area contributed by atoms with E-state index in [-0.39, 0.29) is 12.5 Å². The molecule has 2 aromatic rings. The number of aryl methyl sites for hydroxylation is 1. The Morgan fingerprint density at radius 3 is 2.45 bits per heavy atom. The van der Waals surface area contributed by atoms with Crippen LogP contribution in [0.15, 0.2) is 48.5 Å². The lowest BCUT2D eigenvalue weighted by Crippen LogP contribution is -2.31. The first kappa shape index (κ1) is 13.9. The standard InChI is InChI=1S/C16H18N2O2/c1-12-5-3-4-6-15(12)18(2)16(19)11-20-14-9-7-13(17)8-10-14/h3-10H,11,17H2,1-2H3. The fourth-order valence-electron chi connectivity index (χ4n) is 1.88. The predicted molar refractivity (Wildman–Crippen MR) is 80.9 cm³/mol. The highest BCUT2D eigenvalue weighted by Gasteiger charge is 2.13.